The maximum Gasteiger partial charge on any atom is 0.223 e. The fourth-order valence-electron chi connectivity index (χ4n) is 2.47. The van der Waals surface area contributed by atoms with Gasteiger partial charge < -0.3 is 15.8 Å². The lowest BCUT2D eigenvalue weighted by molar-refractivity contribution is 0.0539. The molecule has 0 aliphatic carbocycles. The number of nitrogens with two attached hydrogens (primary N) is 1. The van der Waals surface area contributed by atoms with Crippen LogP contribution in [0.3, 0.4) is 0 Å². The van der Waals surface area contributed by atoms with E-state index in [4.69, 9.17) is 10.5 Å². The standard InChI is InChI=1S/C13H18N4OS/c1-8-6-9-10(15-12(14)16-11(9)19-8)17-13(2)4-3-5-18-7-13/h6H,3-5,7H2,1-2H3,(H3,14,15,16,17). The summed E-state index contributed by atoms with van der Waals surface area (Å²) in [6, 6.07) is 2.11. The van der Waals surface area contributed by atoms with Gasteiger partial charge in [-0.1, -0.05) is 0 Å². The first kappa shape index (κ1) is 12.6. The number of thiophene rings is 1. The number of nitrogen functional groups attached to an aromatic ring is 1. The van der Waals surface area contributed by atoms with Crippen LogP contribution in [0.15, 0.2) is 6.07 Å². The Kier molecular flexibility index (Phi) is 3.06. The van der Waals surface area contributed by atoms with Crippen LogP contribution in [0.4, 0.5) is 11.8 Å². The van der Waals surface area contributed by atoms with E-state index in [0.717, 1.165) is 35.5 Å². The number of fused-ring (bicyclic) bond motifs is 1. The van der Waals surface area contributed by atoms with Crippen LogP contribution in [0.2, 0.25) is 0 Å². The molecule has 3 heterocycles. The number of nitrogens with zero attached hydrogens (tertiary/aromatic N) is 2. The van der Waals surface area contributed by atoms with E-state index in [-0.39, 0.29) is 5.54 Å². The minimum Gasteiger partial charge on any atom is -0.379 e. The van der Waals surface area contributed by atoms with E-state index in [2.05, 4.69) is 35.2 Å². The van der Waals surface area contributed by atoms with Crippen molar-refractivity contribution in [2.75, 3.05) is 24.3 Å². The smallest absolute Gasteiger partial charge is 0.223 e. The normalized spacial score (nSPS) is 23.7. The summed E-state index contributed by atoms with van der Waals surface area (Å²) in [6.45, 7) is 5.77. The van der Waals surface area contributed by atoms with Gasteiger partial charge in [0.25, 0.3) is 0 Å². The summed E-state index contributed by atoms with van der Waals surface area (Å²) < 4.78 is 5.57. The van der Waals surface area contributed by atoms with Crippen molar-refractivity contribution in [3.8, 4) is 0 Å². The molecule has 0 amide bonds. The maximum absolute atomic E-state index is 5.80. The number of ether oxygens (including phenoxy) is 1. The Morgan fingerprint density at radius 1 is 1.47 bits per heavy atom. The van der Waals surface area contributed by atoms with Crippen molar-refractivity contribution >= 4 is 33.3 Å². The SMILES string of the molecule is Cc1cc2c(NC3(C)CCCOC3)nc(N)nc2s1. The van der Waals surface area contributed by atoms with Crippen molar-refractivity contribution in [2.45, 2.75) is 32.2 Å². The molecule has 1 aliphatic rings. The Labute approximate surface area is 116 Å². The van der Waals surface area contributed by atoms with Crippen LogP contribution in [0.25, 0.3) is 10.2 Å². The summed E-state index contributed by atoms with van der Waals surface area (Å²) >= 11 is 1.64. The van der Waals surface area contributed by atoms with Gasteiger partial charge in [0.05, 0.1) is 17.5 Å². The zero-order chi connectivity index (χ0) is 13.5. The zero-order valence-electron chi connectivity index (χ0n) is 11.2. The fraction of sp³-hybridized carbons (Fsp3) is 0.538. The Balaban J connectivity index is 1.99. The third-order valence-electron chi connectivity index (χ3n) is 3.39. The highest BCUT2D eigenvalue weighted by molar-refractivity contribution is 7.18. The van der Waals surface area contributed by atoms with E-state index < -0.39 is 0 Å². The van der Waals surface area contributed by atoms with Gasteiger partial charge >= 0.3 is 0 Å². The summed E-state index contributed by atoms with van der Waals surface area (Å²) in [6.07, 6.45) is 2.14. The average molecular weight is 278 g/mol. The maximum atomic E-state index is 5.80. The molecule has 3 N–H and O–H groups in total. The second-order valence-electron chi connectivity index (χ2n) is 5.35. The second kappa shape index (κ2) is 4.61. The van der Waals surface area contributed by atoms with E-state index in [1.807, 2.05) is 0 Å². The minimum absolute atomic E-state index is 0.0815. The Morgan fingerprint density at radius 2 is 2.32 bits per heavy atom. The summed E-state index contributed by atoms with van der Waals surface area (Å²) in [4.78, 5) is 10.8. The van der Waals surface area contributed by atoms with Crippen molar-refractivity contribution in [2.24, 2.45) is 0 Å². The molecule has 0 aromatic carbocycles. The van der Waals surface area contributed by atoms with Crippen molar-refractivity contribution < 1.29 is 4.74 Å². The van der Waals surface area contributed by atoms with Gasteiger partial charge in [-0.25, -0.2) is 4.98 Å². The highest BCUT2D eigenvalue weighted by atomic mass is 32.1. The van der Waals surface area contributed by atoms with Crippen LogP contribution in [0, 0.1) is 6.92 Å². The first-order chi connectivity index (χ1) is 9.06. The van der Waals surface area contributed by atoms with E-state index in [1.165, 1.54) is 4.88 Å². The molecule has 102 valence electrons. The van der Waals surface area contributed by atoms with Crippen molar-refractivity contribution in [3.05, 3.63) is 10.9 Å². The second-order valence-corrected chi connectivity index (χ2v) is 6.58. The summed E-state index contributed by atoms with van der Waals surface area (Å²) in [5.74, 6) is 1.14. The zero-order valence-corrected chi connectivity index (χ0v) is 12.0. The molecule has 19 heavy (non-hydrogen) atoms. The quantitative estimate of drug-likeness (QED) is 0.883. The van der Waals surface area contributed by atoms with Crippen LogP contribution in [-0.2, 0) is 4.74 Å². The minimum atomic E-state index is -0.0815. The van der Waals surface area contributed by atoms with Gasteiger partial charge in [0.15, 0.2) is 0 Å². The van der Waals surface area contributed by atoms with Crippen LogP contribution >= 0.6 is 11.3 Å². The van der Waals surface area contributed by atoms with E-state index in [9.17, 15) is 0 Å². The molecule has 0 saturated carbocycles. The van der Waals surface area contributed by atoms with Crippen LogP contribution in [-0.4, -0.2) is 28.7 Å². The van der Waals surface area contributed by atoms with Crippen molar-refractivity contribution in [1.29, 1.82) is 0 Å². The Bertz CT molecular complexity index is 604. The predicted octanol–water partition coefficient (Wildman–Crippen LogP) is 2.56. The largest absolute Gasteiger partial charge is 0.379 e. The van der Waals surface area contributed by atoms with Gasteiger partial charge in [0, 0.05) is 11.5 Å². The van der Waals surface area contributed by atoms with E-state index in [1.54, 1.807) is 11.3 Å². The molecule has 0 radical (unpaired) electrons. The summed E-state index contributed by atoms with van der Waals surface area (Å²) in [5, 5.41) is 4.55. The number of aryl methyl sites for hydroxylation is 1. The topological polar surface area (TPSA) is 73.1 Å². The number of aromatic nitrogens is 2. The van der Waals surface area contributed by atoms with Crippen LogP contribution in [0.5, 0.6) is 0 Å². The fourth-order valence-corrected chi connectivity index (χ4v) is 3.36. The molecule has 3 rings (SSSR count). The number of rotatable bonds is 2. The highest BCUT2D eigenvalue weighted by Gasteiger charge is 2.28. The van der Waals surface area contributed by atoms with Crippen LogP contribution in [0.1, 0.15) is 24.6 Å². The van der Waals surface area contributed by atoms with E-state index >= 15 is 0 Å². The molecule has 1 fully saturated rings. The predicted molar refractivity (Wildman–Crippen MR) is 78.6 cm³/mol. The first-order valence-corrected chi connectivity index (χ1v) is 7.27. The monoisotopic (exact) mass is 278 g/mol. The molecule has 2 aromatic heterocycles. The molecule has 1 saturated heterocycles. The Morgan fingerprint density at radius 3 is 3.05 bits per heavy atom. The van der Waals surface area contributed by atoms with Gasteiger partial charge in [0.2, 0.25) is 5.95 Å². The lowest BCUT2D eigenvalue weighted by Crippen LogP contribution is -2.43. The van der Waals surface area contributed by atoms with Gasteiger partial charge in [-0.3, -0.25) is 0 Å². The van der Waals surface area contributed by atoms with Gasteiger partial charge in [-0.15, -0.1) is 11.3 Å². The number of nitrogens with one attached hydrogen (secondary N) is 1. The molecular weight excluding hydrogens is 260 g/mol. The summed E-state index contributed by atoms with van der Waals surface area (Å²) in [7, 11) is 0. The molecule has 0 spiro atoms. The molecule has 6 heteroatoms. The molecule has 5 nitrogen and oxygen atoms in total. The van der Waals surface area contributed by atoms with Crippen molar-refractivity contribution in [1.82, 2.24) is 9.97 Å². The third-order valence-corrected chi connectivity index (χ3v) is 4.34. The van der Waals surface area contributed by atoms with Gasteiger partial charge in [-0.2, -0.15) is 4.98 Å². The molecule has 1 unspecified atom stereocenters. The highest BCUT2D eigenvalue weighted by Crippen LogP contribution is 2.32. The lowest BCUT2D eigenvalue weighted by Gasteiger charge is -2.34. The lowest BCUT2D eigenvalue weighted by atomic mass is 9.95. The average Bonchev–Trinajstić information content (AvgIpc) is 2.70. The van der Waals surface area contributed by atoms with Gasteiger partial charge in [0.1, 0.15) is 10.6 Å². The molecular formula is C13H18N4OS. The number of hydrogen-bond donors (Lipinski definition) is 2. The molecule has 2 aromatic rings. The first-order valence-electron chi connectivity index (χ1n) is 6.45. The van der Waals surface area contributed by atoms with E-state index in [0.29, 0.717) is 12.6 Å². The molecule has 1 aliphatic heterocycles. The van der Waals surface area contributed by atoms with Crippen LogP contribution < -0.4 is 11.1 Å². The summed E-state index contributed by atoms with van der Waals surface area (Å²) in [5.41, 5.74) is 5.71. The molecule has 0 bridgehead atoms. The Hall–Kier alpha value is -1.40. The third kappa shape index (κ3) is 2.50. The van der Waals surface area contributed by atoms with Gasteiger partial charge in [-0.05, 0) is 32.8 Å². The molecule has 1 atom stereocenters. The number of hydrogen-bond acceptors (Lipinski definition) is 6. The number of anilines is 2. The van der Waals surface area contributed by atoms with Crippen molar-refractivity contribution in [3.63, 3.8) is 0 Å².